The van der Waals surface area contributed by atoms with Crippen molar-refractivity contribution in [2.24, 2.45) is 5.92 Å². The van der Waals surface area contributed by atoms with Crippen molar-refractivity contribution in [2.45, 2.75) is 38.2 Å². The Bertz CT molecular complexity index is 1310. The highest BCUT2D eigenvalue weighted by atomic mass is 19.3. The topological polar surface area (TPSA) is 52.7 Å². The van der Waals surface area contributed by atoms with Crippen molar-refractivity contribution in [3.63, 3.8) is 0 Å². The van der Waals surface area contributed by atoms with E-state index < -0.39 is 29.6 Å². The van der Waals surface area contributed by atoms with Gasteiger partial charge in [0.05, 0.1) is 24.1 Å². The van der Waals surface area contributed by atoms with Crippen LogP contribution in [0.3, 0.4) is 0 Å². The van der Waals surface area contributed by atoms with Crippen molar-refractivity contribution >= 4 is 23.2 Å². The average molecular weight is 522 g/mol. The lowest BCUT2D eigenvalue weighted by Gasteiger charge is -2.41. The molecule has 0 spiro atoms. The number of hydrogen-bond acceptors (Lipinski definition) is 3. The van der Waals surface area contributed by atoms with Crippen LogP contribution in [-0.2, 0) is 4.79 Å². The first-order valence-electron chi connectivity index (χ1n) is 12.9. The fourth-order valence-electron chi connectivity index (χ4n) is 5.58. The van der Waals surface area contributed by atoms with Crippen LogP contribution in [0, 0.1) is 18.7 Å². The summed E-state index contributed by atoms with van der Waals surface area (Å²) in [5.74, 6) is -4.61. The summed E-state index contributed by atoms with van der Waals surface area (Å²) in [6.45, 7) is 1.99. The minimum absolute atomic E-state index is 0.0182. The predicted molar refractivity (Wildman–Crippen MR) is 141 cm³/mol. The van der Waals surface area contributed by atoms with Crippen LogP contribution < -0.4 is 10.2 Å². The molecule has 2 saturated heterocycles. The molecule has 5 nitrogen and oxygen atoms in total. The molecule has 1 unspecified atom stereocenters. The third kappa shape index (κ3) is 5.26. The second-order valence-corrected chi connectivity index (χ2v) is 10.1. The first-order chi connectivity index (χ1) is 18.2. The Balaban J connectivity index is 1.43. The largest absolute Gasteiger partial charge is 0.365 e. The maximum Gasteiger partial charge on any atom is 0.266 e. The highest BCUT2D eigenvalue weighted by Crippen LogP contribution is 2.39. The van der Waals surface area contributed by atoms with Crippen LogP contribution in [-0.4, -0.2) is 42.3 Å². The van der Waals surface area contributed by atoms with Crippen molar-refractivity contribution in [1.29, 1.82) is 0 Å². The van der Waals surface area contributed by atoms with Gasteiger partial charge in [-0.05, 0) is 55.2 Å². The molecule has 8 heteroatoms. The van der Waals surface area contributed by atoms with Gasteiger partial charge in [-0.2, -0.15) is 0 Å². The number of hydrogen-bond donors (Lipinski definition) is 1. The number of piperidine rings is 1. The molecule has 3 aromatic carbocycles. The summed E-state index contributed by atoms with van der Waals surface area (Å²) in [7, 11) is 0. The second-order valence-electron chi connectivity index (χ2n) is 10.1. The van der Waals surface area contributed by atoms with E-state index in [4.69, 9.17) is 0 Å². The van der Waals surface area contributed by atoms with E-state index in [9.17, 15) is 22.8 Å². The summed E-state index contributed by atoms with van der Waals surface area (Å²) in [5.41, 5.74) is 2.48. The summed E-state index contributed by atoms with van der Waals surface area (Å²) in [6.07, 6.45) is 0.933. The molecule has 3 aromatic rings. The van der Waals surface area contributed by atoms with Gasteiger partial charge in [0.15, 0.2) is 0 Å². The van der Waals surface area contributed by atoms with Crippen LogP contribution in [0.4, 0.5) is 24.5 Å². The molecule has 38 heavy (non-hydrogen) atoms. The smallest absolute Gasteiger partial charge is 0.266 e. The van der Waals surface area contributed by atoms with Gasteiger partial charge in [0, 0.05) is 30.9 Å². The molecule has 2 amide bonds. The maximum atomic E-state index is 14.8. The minimum Gasteiger partial charge on any atom is -0.365 e. The molecule has 5 rings (SSSR count). The predicted octanol–water partition coefficient (Wildman–Crippen LogP) is 6.21. The van der Waals surface area contributed by atoms with Gasteiger partial charge < -0.3 is 15.1 Å². The number of carbonyl (C=O) groups is 2. The molecule has 1 N–H and O–H groups in total. The quantitative estimate of drug-likeness (QED) is 0.434. The summed E-state index contributed by atoms with van der Waals surface area (Å²) >= 11 is 0. The van der Waals surface area contributed by atoms with Crippen LogP contribution in [0.5, 0.6) is 0 Å². The van der Waals surface area contributed by atoms with E-state index in [1.165, 1.54) is 6.07 Å². The van der Waals surface area contributed by atoms with Gasteiger partial charge >= 0.3 is 0 Å². The number of amides is 2. The SMILES string of the molecule is Cc1cccc(F)c1C(=O)N1CCCC(C(=O)Nc2cccc(N3CCC(F)(F)C3)c2)[C@@H]1c1ccccc1. The van der Waals surface area contributed by atoms with Crippen molar-refractivity contribution in [3.8, 4) is 0 Å². The first kappa shape index (κ1) is 25.8. The molecule has 0 saturated carbocycles. The lowest BCUT2D eigenvalue weighted by atomic mass is 9.83. The van der Waals surface area contributed by atoms with Gasteiger partial charge in [0.1, 0.15) is 5.82 Å². The van der Waals surface area contributed by atoms with Gasteiger partial charge in [-0.3, -0.25) is 9.59 Å². The molecule has 198 valence electrons. The highest BCUT2D eigenvalue weighted by molar-refractivity contribution is 5.98. The molecular weight excluding hydrogens is 491 g/mol. The van der Waals surface area contributed by atoms with Crippen molar-refractivity contribution in [2.75, 3.05) is 29.9 Å². The fourth-order valence-corrected chi connectivity index (χ4v) is 5.58. The van der Waals surface area contributed by atoms with Crippen LogP contribution in [0.1, 0.15) is 46.8 Å². The van der Waals surface area contributed by atoms with E-state index in [0.717, 1.165) is 5.56 Å². The molecule has 0 aliphatic carbocycles. The van der Waals surface area contributed by atoms with E-state index in [-0.39, 0.29) is 31.0 Å². The van der Waals surface area contributed by atoms with Crippen molar-refractivity contribution < 1.29 is 22.8 Å². The normalized spacial score (nSPS) is 20.8. The van der Waals surface area contributed by atoms with Crippen LogP contribution in [0.25, 0.3) is 0 Å². The van der Waals surface area contributed by atoms with Crippen molar-refractivity contribution in [3.05, 3.63) is 95.3 Å². The Kier molecular flexibility index (Phi) is 7.15. The Morgan fingerprint density at radius 1 is 0.974 bits per heavy atom. The number of nitrogens with zero attached hydrogens (tertiary/aromatic N) is 2. The zero-order valence-electron chi connectivity index (χ0n) is 21.2. The van der Waals surface area contributed by atoms with E-state index >= 15 is 0 Å². The number of carbonyl (C=O) groups excluding carboxylic acids is 2. The molecule has 0 bridgehead atoms. The number of anilines is 2. The number of aryl methyl sites for hydroxylation is 1. The lowest BCUT2D eigenvalue weighted by Crippen LogP contribution is -2.46. The Morgan fingerprint density at radius 3 is 2.45 bits per heavy atom. The van der Waals surface area contributed by atoms with Gasteiger partial charge in [-0.15, -0.1) is 0 Å². The van der Waals surface area contributed by atoms with Crippen LogP contribution in [0.15, 0.2) is 72.8 Å². The maximum absolute atomic E-state index is 14.8. The first-order valence-corrected chi connectivity index (χ1v) is 12.9. The Morgan fingerprint density at radius 2 is 1.74 bits per heavy atom. The van der Waals surface area contributed by atoms with Crippen molar-refractivity contribution in [1.82, 2.24) is 4.90 Å². The minimum atomic E-state index is -2.73. The van der Waals surface area contributed by atoms with E-state index in [1.807, 2.05) is 30.3 Å². The number of alkyl halides is 2. The number of rotatable bonds is 5. The fraction of sp³-hybridized carbons (Fsp3) is 0.333. The van der Waals surface area contributed by atoms with E-state index in [1.54, 1.807) is 53.1 Å². The monoisotopic (exact) mass is 521 g/mol. The second kappa shape index (κ2) is 10.5. The van der Waals surface area contributed by atoms with E-state index in [0.29, 0.717) is 36.3 Å². The van der Waals surface area contributed by atoms with Gasteiger partial charge in [0.2, 0.25) is 5.91 Å². The number of nitrogens with one attached hydrogen (secondary N) is 1. The number of benzene rings is 3. The molecule has 0 aromatic heterocycles. The number of likely N-dealkylation sites (tertiary alicyclic amines) is 1. The lowest BCUT2D eigenvalue weighted by molar-refractivity contribution is -0.123. The highest BCUT2D eigenvalue weighted by Gasteiger charge is 2.41. The molecule has 2 heterocycles. The van der Waals surface area contributed by atoms with Crippen LogP contribution >= 0.6 is 0 Å². The summed E-state index contributed by atoms with van der Waals surface area (Å²) in [5, 5.41) is 2.95. The molecule has 2 aliphatic heterocycles. The van der Waals surface area contributed by atoms with Gasteiger partial charge in [-0.1, -0.05) is 48.5 Å². The molecule has 0 radical (unpaired) electrons. The van der Waals surface area contributed by atoms with Gasteiger partial charge in [0.25, 0.3) is 11.8 Å². The average Bonchev–Trinajstić information content (AvgIpc) is 3.28. The summed E-state index contributed by atoms with van der Waals surface area (Å²) in [6, 6.07) is 20.2. The summed E-state index contributed by atoms with van der Waals surface area (Å²) in [4.78, 5) is 30.6. The standard InChI is InChI=1S/C30H30F3N3O2/c1-20-8-5-14-25(31)26(20)29(38)36-16-7-13-24(27(36)21-9-3-2-4-10-21)28(37)34-22-11-6-12-23(18-22)35-17-15-30(32,33)19-35/h2-6,8-12,14,18,24,27H,7,13,15-17,19H2,1H3,(H,34,37)/t24?,27-/m0/s1. The Labute approximate surface area is 220 Å². The zero-order chi connectivity index (χ0) is 26.9. The summed E-state index contributed by atoms with van der Waals surface area (Å²) < 4.78 is 42.3. The third-order valence-electron chi connectivity index (χ3n) is 7.45. The Hall–Kier alpha value is -3.81. The zero-order valence-corrected chi connectivity index (χ0v) is 21.2. The molecular formula is C30H30F3N3O2. The molecule has 2 atom stereocenters. The molecule has 2 aliphatic rings. The van der Waals surface area contributed by atoms with Crippen LogP contribution in [0.2, 0.25) is 0 Å². The number of halogens is 3. The third-order valence-corrected chi connectivity index (χ3v) is 7.45. The molecule has 2 fully saturated rings. The van der Waals surface area contributed by atoms with Gasteiger partial charge in [-0.25, -0.2) is 13.2 Å². The van der Waals surface area contributed by atoms with E-state index in [2.05, 4.69) is 5.32 Å².